The Morgan fingerprint density at radius 2 is 1.97 bits per heavy atom. The third-order valence-corrected chi connectivity index (χ3v) is 6.18. The standard InChI is InChI=1S/C25H35N5O4/c1-6-24(31)28-20-7-8-21-22(9-20)34-15-18(3)30(13-19-10-26-16-27-11-19)12-17(2)23(33-5)14-29(4)25(21)32/h7-11,16-18,23H,6,12-15H2,1-5H3,(H,28,31)/t17-,18-,23+/m0/s1. The summed E-state index contributed by atoms with van der Waals surface area (Å²) in [5, 5.41) is 2.84. The second-order valence-electron chi connectivity index (χ2n) is 8.89. The van der Waals surface area contributed by atoms with Crippen LogP contribution in [-0.2, 0) is 16.1 Å². The topological polar surface area (TPSA) is 96.9 Å². The first kappa shape index (κ1) is 25.6. The Balaban J connectivity index is 1.94. The molecule has 1 aromatic carbocycles. The van der Waals surface area contributed by atoms with Gasteiger partial charge in [0.1, 0.15) is 18.7 Å². The number of amides is 2. The third-order valence-electron chi connectivity index (χ3n) is 6.18. The number of hydrogen-bond acceptors (Lipinski definition) is 7. The number of anilines is 1. The lowest BCUT2D eigenvalue weighted by Crippen LogP contribution is -2.46. The van der Waals surface area contributed by atoms with Gasteiger partial charge in [-0.2, -0.15) is 0 Å². The normalized spacial score (nSPS) is 22.2. The van der Waals surface area contributed by atoms with E-state index in [2.05, 4.69) is 34.0 Å². The lowest BCUT2D eigenvalue weighted by atomic mass is 10.0. The van der Waals surface area contributed by atoms with Gasteiger partial charge in [0, 0.05) is 76.0 Å². The number of benzene rings is 1. The summed E-state index contributed by atoms with van der Waals surface area (Å²) < 4.78 is 12.0. The van der Waals surface area contributed by atoms with Crippen molar-refractivity contribution in [1.82, 2.24) is 19.8 Å². The first-order valence-corrected chi connectivity index (χ1v) is 11.6. The number of methoxy groups -OCH3 is 1. The molecule has 0 saturated carbocycles. The predicted octanol–water partition coefficient (Wildman–Crippen LogP) is 2.83. The molecule has 1 aliphatic heterocycles. The number of hydrogen-bond donors (Lipinski definition) is 1. The summed E-state index contributed by atoms with van der Waals surface area (Å²) >= 11 is 0. The number of carbonyl (C=O) groups is 2. The zero-order valence-corrected chi connectivity index (χ0v) is 20.7. The van der Waals surface area contributed by atoms with Gasteiger partial charge in [-0.25, -0.2) is 9.97 Å². The van der Waals surface area contributed by atoms with Gasteiger partial charge in [-0.05, 0) is 25.0 Å². The van der Waals surface area contributed by atoms with Crippen molar-refractivity contribution in [1.29, 1.82) is 0 Å². The molecule has 1 aromatic heterocycles. The molecule has 2 aromatic rings. The van der Waals surface area contributed by atoms with Crippen LogP contribution in [-0.4, -0.2) is 77.6 Å². The van der Waals surface area contributed by atoms with E-state index in [1.165, 1.54) is 6.33 Å². The molecule has 0 unspecified atom stereocenters. The molecule has 0 fully saturated rings. The SMILES string of the molecule is CCC(=O)Nc1ccc2c(c1)OC[C@H](C)N(Cc1cncnc1)C[C@H](C)[C@H](OC)CN(C)C2=O. The highest BCUT2D eigenvalue weighted by atomic mass is 16.5. The van der Waals surface area contributed by atoms with Gasteiger partial charge in [0.2, 0.25) is 5.91 Å². The summed E-state index contributed by atoms with van der Waals surface area (Å²) in [5.41, 5.74) is 2.07. The Kier molecular flexibility index (Phi) is 8.95. The lowest BCUT2D eigenvalue weighted by Gasteiger charge is -2.36. The van der Waals surface area contributed by atoms with Crippen LogP contribution in [0.25, 0.3) is 0 Å². The minimum absolute atomic E-state index is 0.0363. The van der Waals surface area contributed by atoms with Gasteiger partial charge in [0.25, 0.3) is 5.91 Å². The van der Waals surface area contributed by atoms with Gasteiger partial charge < -0.3 is 19.7 Å². The molecular formula is C25H35N5O4. The molecule has 0 bridgehead atoms. The number of ether oxygens (including phenoxy) is 2. The molecule has 9 heteroatoms. The molecule has 0 saturated heterocycles. The van der Waals surface area contributed by atoms with E-state index in [1.54, 1.807) is 44.2 Å². The number of likely N-dealkylation sites (N-methyl/N-ethyl adjacent to an activating group) is 1. The molecule has 3 atom stereocenters. The molecule has 9 nitrogen and oxygen atoms in total. The largest absolute Gasteiger partial charge is 0.491 e. The summed E-state index contributed by atoms with van der Waals surface area (Å²) in [6.07, 6.45) is 5.39. The van der Waals surface area contributed by atoms with Crippen LogP contribution in [0.1, 0.15) is 43.1 Å². The van der Waals surface area contributed by atoms with E-state index in [4.69, 9.17) is 9.47 Å². The fourth-order valence-electron chi connectivity index (χ4n) is 4.04. The first-order valence-electron chi connectivity index (χ1n) is 11.6. The lowest BCUT2D eigenvalue weighted by molar-refractivity contribution is -0.115. The summed E-state index contributed by atoms with van der Waals surface area (Å²) in [7, 11) is 3.45. The molecule has 2 amide bonds. The van der Waals surface area contributed by atoms with Crippen molar-refractivity contribution < 1.29 is 19.1 Å². The fourth-order valence-corrected chi connectivity index (χ4v) is 4.04. The smallest absolute Gasteiger partial charge is 0.257 e. The third kappa shape index (κ3) is 6.51. The van der Waals surface area contributed by atoms with Gasteiger partial charge in [0.05, 0.1) is 11.7 Å². The molecule has 0 radical (unpaired) electrons. The van der Waals surface area contributed by atoms with Crippen molar-refractivity contribution in [2.24, 2.45) is 5.92 Å². The quantitative estimate of drug-likeness (QED) is 0.719. The molecule has 34 heavy (non-hydrogen) atoms. The number of nitrogens with zero attached hydrogens (tertiary/aromatic N) is 4. The second kappa shape index (κ2) is 11.9. The molecule has 0 aliphatic carbocycles. The summed E-state index contributed by atoms with van der Waals surface area (Å²) in [5.74, 6) is 0.364. The van der Waals surface area contributed by atoms with Gasteiger partial charge in [-0.3, -0.25) is 14.5 Å². The zero-order valence-electron chi connectivity index (χ0n) is 20.7. The zero-order chi connectivity index (χ0) is 24.7. The van der Waals surface area contributed by atoms with Crippen LogP contribution in [0.3, 0.4) is 0 Å². The molecule has 3 rings (SSSR count). The minimum Gasteiger partial charge on any atom is -0.491 e. The van der Waals surface area contributed by atoms with Crippen LogP contribution in [0.15, 0.2) is 36.9 Å². The molecule has 184 valence electrons. The van der Waals surface area contributed by atoms with Crippen molar-refractivity contribution in [3.63, 3.8) is 0 Å². The highest BCUT2D eigenvalue weighted by Gasteiger charge is 2.28. The number of rotatable bonds is 5. The molecule has 0 spiro atoms. The average molecular weight is 470 g/mol. The van der Waals surface area contributed by atoms with Crippen molar-refractivity contribution in [2.75, 3.05) is 39.2 Å². The molecule has 1 N–H and O–H groups in total. The first-order chi connectivity index (χ1) is 16.3. The van der Waals surface area contributed by atoms with Crippen molar-refractivity contribution in [2.45, 2.75) is 45.9 Å². The van der Waals surface area contributed by atoms with Crippen LogP contribution in [0.5, 0.6) is 5.75 Å². The van der Waals surface area contributed by atoms with Gasteiger partial charge in [-0.1, -0.05) is 13.8 Å². The van der Waals surface area contributed by atoms with E-state index >= 15 is 0 Å². The highest BCUT2D eigenvalue weighted by molar-refractivity contribution is 5.98. The number of fused-ring (bicyclic) bond motifs is 1. The monoisotopic (exact) mass is 469 g/mol. The number of nitrogens with one attached hydrogen (secondary N) is 1. The minimum atomic E-state index is -0.149. The van der Waals surface area contributed by atoms with Gasteiger partial charge in [-0.15, -0.1) is 0 Å². The summed E-state index contributed by atoms with van der Waals surface area (Å²) in [6.45, 7) is 8.25. The van der Waals surface area contributed by atoms with Crippen molar-refractivity contribution >= 4 is 17.5 Å². The predicted molar refractivity (Wildman–Crippen MR) is 130 cm³/mol. The Labute approximate surface area is 201 Å². The van der Waals surface area contributed by atoms with Gasteiger partial charge >= 0.3 is 0 Å². The van der Waals surface area contributed by atoms with E-state index in [0.717, 1.165) is 12.1 Å². The Morgan fingerprint density at radius 3 is 2.65 bits per heavy atom. The molecular weight excluding hydrogens is 434 g/mol. The summed E-state index contributed by atoms with van der Waals surface area (Å²) in [4.78, 5) is 37.4. The number of carbonyl (C=O) groups excluding carboxylic acids is 2. The number of aromatic nitrogens is 2. The maximum atomic E-state index is 13.3. The Hall–Kier alpha value is -3.04. The van der Waals surface area contributed by atoms with E-state index in [-0.39, 0.29) is 29.9 Å². The van der Waals surface area contributed by atoms with E-state index < -0.39 is 0 Å². The highest BCUT2D eigenvalue weighted by Crippen LogP contribution is 2.27. The molecule has 1 aliphatic rings. The van der Waals surface area contributed by atoms with E-state index in [9.17, 15) is 9.59 Å². The molecule has 2 heterocycles. The Morgan fingerprint density at radius 1 is 1.24 bits per heavy atom. The fraction of sp³-hybridized carbons (Fsp3) is 0.520. The average Bonchev–Trinajstić information content (AvgIpc) is 2.84. The van der Waals surface area contributed by atoms with Crippen molar-refractivity contribution in [3.05, 3.63) is 48.0 Å². The van der Waals surface area contributed by atoms with E-state index in [1.807, 2.05) is 12.4 Å². The summed E-state index contributed by atoms with van der Waals surface area (Å²) in [6, 6.07) is 5.20. The van der Waals surface area contributed by atoms with Crippen LogP contribution >= 0.6 is 0 Å². The van der Waals surface area contributed by atoms with Crippen LogP contribution in [0.4, 0.5) is 5.69 Å². The maximum Gasteiger partial charge on any atom is 0.257 e. The van der Waals surface area contributed by atoms with Gasteiger partial charge in [0.15, 0.2) is 0 Å². The maximum absolute atomic E-state index is 13.3. The van der Waals surface area contributed by atoms with Crippen LogP contribution < -0.4 is 10.1 Å². The second-order valence-corrected chi connectivity index (χ2v) is 8.89. The Bertz CT molecular complexity index is 971. The van der Waals surface area contributed by atoms with Crippen LogP contribution in [0.2, 0.25) is 0 Å². The van der Waals surface area contributed by atoms with E-state index in [0.29, 0.717) is 43.1 Å². The van der Waals surface area contributed by atoms with Crippen LogP contribution in [0, 0.1) is 5.92 Å². The van der Waals surface area contributed by atoms with Crippen molar-refractivity contribution in [3.8, 4) is 5.75 Å².